The molecule has 0 N–H and O–H groups in total. The zero-order chi connectivity index (χ0) is 13.1. The van der Waals surface area contributed by atoms with E-state index in [1.54, 1.807) is 21.0 Å². The van der Waals surface area contributed by atoms with Crippen LogP contribution in [0.3, 0.4) is 0 Å². The predicted octanol–water partition coefficient (Wildman–Crippen LogP) is 2.26. The van der Waals surface area contributed by atoms with Crippen LogP contribution in [0.5, 0.6) is 5.75 Å². The molecule has 0 fully saturated rings. The standard InChI is InChI=1S/C11H15ClO4S/c1-8-6-10(17(12,13)14)7-9(2)11(8)16-5-4-15-3/h6-7H,4-5H2,1-3H3. The van der Waals surface area contributed by atoms with Gasteiger partial charge in [-0.25, -0.2) is 8.42 Å². The van der Waals surface area contributed by atoms with Gasteiger partial charge in [-0.2, -0.15) is 0 Å². The molecule has 0 saturated carbocycles. The van der Waals surface area contributed by atoms with Crippen molar-refractivity contribution in [3.05, 3.63) is 23.3 Å². The second-order valence-corrected chi connectivity index (χ2v) is 6.23. The Morgan fingerprint density at radius 1 is 1.18 bits per heavy atom. The number of halogens is 1. The Labute approximate surface area is 106 Å². The molecule has 0 saturated heterocycles. The van der Waals surface area contributed by atoms with Gasteiger partial charge >= 0.3 is 0 Å². The van der Waals surface area contributed by atoms with Crippen molar-refractivity contribution >= 4 is 19.7 Å². The number of hydrogen-bond donors (Lipinski definition) is 0. The van der Waals surface area contributed by atoms with Crippen LogP contribution in [-0.2, 0) is 13.8 Å². The molecular weight excluding hydrogens is 264 g/mol. The van der Waals surface area contributed by atoms with Crippen molar-refractivity contribution in [3.8, 4) is 5.75 Å². The number of rotatable bonds is 5. The fourth-order valence-electron chi connectivity index (χ4n) is 1.51. The molecule has 0 radical (unpaired) electrons. The summed E-state index contributed by atoms with van der Waals surface area (Å²) in [6, 6.07) is 2.99. The van der Waals surface area contributed by atoms with Gasteiger partial charge in [0.1, 0.15) is 12.4 Å². The van der Waals surface area contributed by atoms with E-state index in [4.69, 9.17) is 20.2 Å². The smallest absolute Gasteiger partial charge is 0.261 e. The zero-order valence-electron chi connectivity index (χ0n) is 9.99. The quantitative estimate of drug-likeness (QED) is 0.612. The van der Waals surface area contributed by atoms with Gasteiger partial charge in [0.15, 0.2) is 0 Å². The molecule has 1 aromatic carbocycles. The number of methoxy groups -OCH3 is 1. The van der Waals surface area contributed by atoms with Crippen molar-refractivity contribution in [2.24, 2.45) is 0 Å². The number of benzene rings is 1. The largest absolute Gasteiger partial charge is 0.491 e. The van der Waals surface area contributed by atoms with Crippen LogP contribution in [0.1, 0.15) is 11.1 Å². The van der Waals surface area contributed by atoms with Gasteiger partial charge in [-0.3, -0.25) is 0 Å². The van der Waals surface area contributed by atoms with E-state index in [2.05, 4.69) is 0 Å². The second-order valence-electron chi connectivity index (χ2n) is 3.67. The summed E-state index contributed by atoms with van der Waals surface area (Å²) in [6.45, 7) is 4.46. The third-order valence-electron chi connectivity index (χ3n) is 2.25. The van der Waals surface area contributed by atoms with Gasteiger partial charge in [-0.05, 0) is 37.1 Å². The minimum Gasteiger partial charge on any atom is -0.491 e. The van der Waals surface area contributed by atoms with Gasteiger partial charge in [0.25, 0.3) is 9.05 Å². The van der Waals surface area contributed by atoms with Crippen molar-refractivity contribution in [1.29, 1.82) is 0 Å². The van der Waals surface area contributed by atoms with Crippen molar-refractivity contribution < 1.29 is 17.9 Å². The van der Waals surface area contributed by atoms with E-state index in [0.29, 0.717) is 19.0 Å². The first-order chi connectivity index (χ1) is 7.86. The van der Waals surface area contributed by atoms with Crippen LogP contribution in [0.2, 0.25) is 0 Å². The topological polar surface area (TPSA) is 52.6 Å². The van der Waals surface area contributed by atoms with Gasteiger partial charge in [0.05, 0.1) is 11.5 Å². The Balaban J connectivity index is 3.03. The lowest BCUT2D eigenvalue weighted by Crippen LogP contribution is -2.07. The minimum atomic E-state index is -3.70. The molecule has 0 atom stereocenters. The average Bonchev–Trinajstić information content (AvgIpc) is 2.20. The first kappa shape index (κ1) is 14.3. The molecule has 0 unspecified atom stereocenters. The average molecular weight is 279 g/mol. The summed E-state index contributed by atoms with van der Waals surface area (Å²) >= 11 is 0. The molecule has 4 nitrogen and oxygen atoms in total. The highest BCUT2D eigenvalue weighted by molar-refractivity contribution is 8.13. The van der Waals surface area contributed by atoms with E-state index >= 15 is 0 Å². The van der Waals surface area contributed by atoms with E-state index in [0.717, 1.165) is 11.1 Å². The van der Waals surface area contributed by atoms with E-state index in [1.807, 2.05) is 0 Å². The minimum absolute atomic E-state index is 0.0910. The lowest BCUT2D eigenvalue weighted by molar-refractivity contribution is 0.145. The van der Waals surface area contributed by atoms with E-state index in [1.165, 1.54) is 12.1 Å². The lowest BCUT2D eigenvalue weighted by atomic mass is 10.1. The highest BCUT2D eigenvalue weighted by Crippen LogP contribution is 2.28. The molecular formula is C11H15ClO4S. The van der Waals surface area contributed by atoms with E-state index in [9.17, 15) is 8.42 Å². The number of aryl methyl sites for hydroxylation is 2. The SMILES string of the molecule is COCCOc1c(C)cc(S(=O)(=O)Cl)cc1C. The maximum atomic E-state index is 11.2. The molecule has 0 amide bonds. The van der Waals surface area contributed by atoms with Crippen LogP contribution < -0.4 is 4.74 Å². The molecule has 1 rings (SSSR count). The van der Waals surface area contributed by atoms with Gasteiger partial charge in [0, 0.05) is 17.8 Å². The fourth-order valence-corrected chi connectivity index (χ4v) is 2.41. The van der Waals surface area contributed by atoms with Crippen molar-refractivity contribution in [2.75, 3.05) is 20.3 Å². The van der Waals surface area contributed by atoms with Crippen LogP contribution in [-0.4, -0.2) is 28.7 Å². The van der Waals surface area contributed by atoms with Crippen LogP contribution in [0, 0.1) is 13.8 Å². The Morgan fingerprint density at radius 2 is 1.71 bits per heavy atom. The van der Waals surface area contributed by atoms with Crippen LogP contribution in [0.25, 0.3) is 0 Å². The summed E-state index contributed by atoms with van der Waals surface area (Å²) in [5.41, 5.74) is 1.47. The Kier molecular flexibility index (Phi) is 4.80. The normalized spacial score (nSPS) is 11.5. The monoisotopic (exact) mass is 278 g/mol. The predicted molar refractivity (Wildman–Crippen MR) is 66.3 cm³/mol. The van der Waals surface area contributed by atoms with Crippen molar-refractivity contribution in [2.45, 2.75) is 18.7 Å². The maximum Gasteiger partial charge on any atom is 0.261 e. The molecule has 0 bridgehead atoms. The van der Waals surface area contributed by atoms with Crippen LogP contribution in [0.4, 0.5) is 0 Å². The number of hydrogen-bond acceptors (Lipinski definition) is 4. The summed E-state index contributed by atoms with van der Waals surface area (Å²) in [5.74, 6) is 0.672. The summed E-state index contributed by atoms with van der Waals surface area (Å²) in [4.78, 5) is 0.0910. The molecule has 17 heavy (non-hydrogen) atoms. The Bertz CT molecular complexity index is 473. The Morgan fingerprint density at radius 3 is 2.12 bits per heavy atom. The molecule has 1 aromatic rings. The zero-order valence-corrected chi connectivity index (χ0v) is 11.6. The summed E-state index contributed by atoms with van der Waals surface area (Å²) in [5, 5.41) is 0. The van der Waals surface area contributed by atoms with Crippen molar-refractivity contribution in [3.63, 3.8) is 0 Å². The molecule has 0 heterocycles. The van der Waals surface area contributed by atoms with Crippen molar-refractivity contribution in [1.82, 2.24) is 0 Å². The number of ether oxygens (including phenoxy) is 2. The molecule has 0 aliphatic rings. The Hall–Kier alpha value is -0.780. The molecule has 0 aliphatic carbocycles. The van der Waals surface area contributed by atoms with Crippen LogP contribution >= 0.6 is 10.7 Å². The first-order valence-corrected chi connectivity index (χ1v) is 7.35. The van der Waals surface area contributed by atoms with E-state index < -0.39 is 9.05 Å². The van der Waals surface area contributed by atoms with Crippen LogP contribution in [0.15, 0.2) is 17.0 Å². The fraction of sp³-hybridized carbons (Fsp3) is 0.455. The van der Waals surface area contributed by atoms with Gasteiger partial charge in [-0.1, -0.05) is 0 Å². The molecule has 0 aliphatic heterocycles. The highest BCUT2D eigenvalue weighted by atomic mass is 35.7. The summed E-state index contributed by atoms with van der Waals surface area (Å²) in [7, 11) is 3.18. The molecule has 6 heteroatoms. The molecule has 0 spiro atoms. The van der Waals surface area contributed by atoms with Gasteiger partial charge in [-0.15, -0.1) is 0 Å². The van der Waals surface area contributed by atoms with E-state index in [-0.39, 0.29) is 4.90 Å². The molecule has 0 aromatic heterocycles. The second kappa shape index (κ2) is 5.71. The van der Waals surface area contributed by atoms with Gasteiger partial charge < -0.3 is 9.47 Å². The van der Waals surface area contributed by atoms with Gasteiger partial charge in [0.2, 0.25) is 0 Å². The summed E-state index contributed by atoms with van der Waals surface area (Å²) in [6.07, 6.45) is 0. The summed E-state index contributed by atoms with van der Waals surface area (Å²) < 4.78 is 32.8. The highest BCUT2D eigenvalue weighted by Gasteiger charge is 2.14. The third-order valence-corrected chi connectivity index (χ3v) is 3.58. The first-order valence-electron chi connectivity index (χ1n) is 5.04. The lowest BCUT2D eigenvalue weighted by Gasteiger charge is -2.12. The maximum absolute atomic E-state index is 11.2. The third kappa shape index (κ3) is 3.87. The molecule has 96 valence electrons.